The Kier molecular flexibility index (Phi) is 3.81. The van der Waals surface area contributed by atoms with Crippen molar-refractivity contribution in [3.63, 3.8) is 0 Å². The monoisotopic (exact) mass is 218 g/mol. The van der Waals surface area contributed by atoms with Gasteiger partial charge in [0.05, 0.1) is 6.61 Å². The summed E-state index contributed by atoms with van der Waals surface area (Å²) < 4.78 is 20.8. The van der Waals surface area contributed by atoms with Crippen molar-refractivity contribution in [2.75, 3.05) is 6.61 Å². The first-order valence-corrected chi connectivity index (χ1v) is 5.85. The highest BCUT2D eigenvalue weighted by Crippen LogP contribution is 2.63. The van der Waals surface area contributed by atoms with Crippen molar-refractivity contribution in [3.05, 3.63) is 11.1 Å². The van der Waals surface area contributed by atoms with Gasteiger partial charge in [-0.2, -0.15) is 0 Å². The number of aliphatic hydroxyl groups is 1. The van der Waals surface area contributed by atoms with Crippen LogP contribution in [-0.4, -0.2) is 31.3 Å². The van der Waals surface area contributed by atoms with Gasteiger partial charge in [-0.1, -0.05) is 0 Å². The van der Waals surface area contributed by atoms with Crippen LogP contribution in [0.3, 0.4) is 0 Å². The Morgan fingerprint density at radius 3 is 1.50 bits per heavy atom. The molecular weight excluding hydrogens is 210 g/mol. The fourth-order valence-electron chi connectivity index (χ4n) is 0.489. The molecule has 12 heavy (non-hydrogen) atoms. The largest absolute Gasteiger partial charge is 0.392 e. The first-order valence-electron chi connectivity index (χ1n) is 2.63. The van der Waals surface area contributed by atoms with E-state index >= 15 is 0 Å². The number of rotatable bonds is 3. The SMILES string of the molecule is O=P(O)(O)C(=CCO)P(=O)(O)O. The summed E-state index contributed by atoms with van der Waals surface area (Å²) in [6, 6.07) is 0. The van der Waals surface area contributed by atoms with Gasteiger partial charge < -0.3 is 24.7 Å². The maximum Gasteiger partial charge on any atom is 0.364 e. The molecular formula is C3H8O7P2. The summed E-state index contributed by atoms with van der Waals surface area (Å²) in [6.07, 6.45) is 0.404. The molecule has 0 aliphatic rings. The van der Waals surface area contributed by atoms with E-state index in [1.54, 1.807) is 0 Å². The highest BCUT2D eigenvalue weighted by atomic mass is 31.2. The first kappa shape index (κ1) is 12.0. The van der Waals surface area contributed by atoms with Crippen molar-refractivity contribution in [3.8, 4) is 0 Å². The molecule has 0 fully saturated rings. The molecule has 0 aromatic heterocycles. The number of aliphatic hydroxyl groups excluding tert-OH is 1. The van der Waals surface area contributed by atoms with E-state index in [1.807, 2.05) is 0 Å². The van der Waals surface area contributed by atoms with E-state index in [0.29, 0.717) is 6.08 Å². The lowest BCUT2D eigenvalue weighted by molar-refractivity contribution is 0.337. The normalized spacial score (nSPS) is 12.8. The van der Waals surface area contributed by atoms with Gasteiger partial charge in [0, 0.05) is 0 Å². The predicted octanol–water partition coefficient (Wildman–Crippen LogP) is -0.825. The molecule has 0 rings (SSSR count). The fraction of sp³-hybridized carbons (Fsp3) is 0.333. The van der Waals surface area contributed by atoms with Crippen LogP contribution in [0.25, 0.3) is 0 Å². The summed E-state index contributed by atoms with van der Waals surface area (Å²) in [5.41, 5.74) is 0. The first-order chi connectivity index (χ1) is 5.19. The quantitative estimate of drug-likeness (QED) is 0.390. The van der Waals surface area contributed by atoms with Gasteiger partial charge in [-0.15, -0.1) is 0 Å². The minimum Gasteiger partial charge on any atom is -0.392 e. The zero-order valence-electron chi connectivity index (χ0n) is 5.73. The molecule has 0 aliphatic carbocycles. The number of hydrogen-bond acceptors (Lipinski definition) is 3. The van der Waals surface area contributed by atoms with Crippen molar-refractivity contribution in [1.82, 2.24) is 0 Å². The molecule has 5 N–H and O–H groups in total. The molecule has 0 heterocycles. The third kappa shape index (κ3) is 3.60. The summed E-state index contributed by atoms with van der Waals surface area (Å²) in [5, 5.41) is 6.85. The summed E-state index contributed by atoms with van der Waals surface area (Å²) >= 11 is 0. The Morgan fingerprint density at radius 2 is 1.42 bits per heavy atom. The van der Waals surface area contributed by atoms with Crippen LogP contribution in [0.15, 0.2) is 11.1 Å². The second kappa shape index (κ2) is 3.81. The van der Waals surface area contributed by atoms with Crippen LogP contribution in [0, 0.1) is 0 Å². The molecule has 0 radical (unpaired) electrons. The van der Waals surface area contributed by atoms with E-state index in [4.69, 9.17) is 24.7 Å². The molecule has 0 unspecified atom stereocenters. The van der Waals surface area contributed by atoms with Gasteiger partial charge in [0.25, 0.3) is 0 Å². The summed E-state index contributed by atoms with van der Waals surface area (Å²) in [6.45, 7) is -0.842. The van der Waals surface area contributed by atoms with Gasteiger partial charge in [0.1, 0.15) is 0 Å². The van der Waals surface area contributed by atoms with Crippen LogP contribution in [0.5, 0.6) is 0 Å². The zero-order valence-corrected chi connectivity index (χ0v) is 7.52. The van der Waals surface area contributed by atoms with E-state index in [2.05, 4.69) is 0 Å². The van der Waals surface area contributed by atoms with E-state index in [0.717, 1.165) is 0 Å². The summed E-state index contributed by atoms with van der Waals surface area (Å²) in [5.74, 6) is 0. The molecule has 0 bridgehead atoms. The molecule has 0 amide bonds. The van der Waals surface area contributed by atoms with Crippen molar-refractivity contribution in [2.45, 2.75) is 0 Å². The topological polar surface area (TPSA) is 135 Å². The van der Waals surface area contributed by atoms with E-state index in [9.17, 15) is 9.13 Å². The molecule has 0 aromatic carbocycles. The zero-order chi connectivity index (χ0) is 9.99. The van der Waals surface area contributed by atoms with E-state index in [-0.39, 0.29) is 0 Å². The second-order valence-corrected chi connectivity index (χ2v) is 5.33. The standard InChI is InChI=1S/C3H8O7P2/c4-2-1-3(11(5,6)7)12(8,9)10/h1,4H,2H2,(H2,5,6,7)(H2,8,9,10). The van der Waals surface area contributed by atoms with Crippen LogP contribution in [-0.2, 0) is 9.13 Å². The predicted molar refractivity (Wildman–Crippen MR) is 39.3 cm³/mol. The minimum atomic E-state index is -4.98. The van der Waals surface area contributed by atoms with Gasteiger partial charge in [0.15, 0.2) is 5.06 Å². The van der Waals surface area contributed by atoms with Gasteiger partial charge in [-0.3, -0.25) is 9.13 Å². The lowest BCUT2D eigenvalue weighted by Crippen LogP contribution is -1.90. The highest BCUT2D eigenvalue weighted by molar-refractivity contribution is 7.77. The molecule has 9 heteroatoms. The van der Waals surface area contributed by atoms with Crippen LogP contribution >= 0.6 is 15.2 Å². The Morgan fingerprint density at radius 1 is 1.08 bits per heavy atom. The molecule has 0 aromatic rings. The molecule has 0 spiro atoms. The Balaban J connectivity index is 5.11. The highest BCUT2D eigenvalue weighted by Gasteiger charge is 2.35. The molecule has 72 valence electrons. The van der Waals surface area contributed by atoms with Crippen molar-refractivity contribution >= 4 is 15.2 Å². The molecule has 7 nitrogen and oxygen atoms in total. The molecule has 0 atom stereocenters. The Bertz CT molecular complexity index is 244. The Labute approximate surface area is 67.7 Å². The molecule has 0 aliphatic heterocycles. The van der Waals surface area contributed by atoms with Crippen molar-refractivity contribution < 1.29 is 33.8 Å². The maximum atomic E-state index is 10.4. The van der Waals surface area contributed by atoms with Gasteiger partial charge >= 0.3 is 15.2 Å². The van der Waals surface area contributed by atoms with Crippen LogP contribution in [0.2, 0.25) is 0 Å². The summed E-state index contributed by atoms with van der Waals surface area (Å²) in [4.78, 5) is 33.5. The third-order valence-corrected chi connectivity index (χ3v) is 3.99. The maximum absolute atomic E-state index is 10.4. The minimum absolute atomic E-state index is 0.404. The lowest BCUT2D eigenvalue weighted by Gasteiger charge is -2.09. The molecule has 0 saturated carbocycles. The van der Waals surface area contributed by atoms with Gasteiger partial charge in [-0.25, -0.2) is 0 Å². The smallest absolute Gasteiger partial charge is 0.364 e. The summed E-state index contributed by atoms with van der Waals surface area (Å²) in [7, 11) is -9.95. The van der Waals surface area contributed by atoms with Crippen LogP contribution in [0.4, 0.5) is 0 Å². The number of hydrogen-bond donors (Lipinski definition) is 5. The fourth-order valence-corrected chi connectivity index (χ4v) is 2.49. The lowest BCUT2D eigenvalue weighted by atomic mass is 10.7. The van der Waals surface area contributed by atoms with E-state index < -0.39 is 26.9 Å². The van der Waals surface area contributed by atoms with Gasteiger partial charge in [0.2, 0.25) is 0 Å². The van der Waals surface area contributed by atoms with E-state index in [1.165, 1.54) is 0 Å². The van der Waals surface area contributed by atoms with Crippen molar-refractivity contribution in [1.29, 1.82) is 0 Å². The third-order valence-electron chi connectivity index (χ3n) is 0.871. The average Bonchev–Trinajstić information content (AvgIpc) is 1.77. The van der Waals surface area contributed by atoms with Crippen LogP contribution < -0.4 is 0 Å². The molecule has 0 saturated heterocycles. The van der Waals surface area contributed by atoms with Crippen molar-refractivity contribution in [2.24, 2.45) is 0 Å². The van der Waals surface area contributed by atoms with Crippen LogP contribution in [0.1, 0.15) is 0 Å². The Hall–Kier alpha value is -0.0000000000000000971. The van der Waals surface area contributed by atoms with Gasteiger partial charge in [-0.05, 0) is 6.08 Å². The average molecular weight is 218 g/mol. The second-order valence-electron chi connectivity index (χ2n) is 1.83.